The number of amides is 1. The Balaban J connectivity index is 2.09. The lowest BCUT2D eigenvalue weighted by Gasteiger charge is -2.21. The Morgan fingerprint density at radius 2 is 1.75 bits per heavy atom. The maximum Gasteiger partial charge on any atom is 0.414 e. The molecule has 0 aromatic heterocycles. The number of rotatable bonds is 4. The van der Waals surface area contributed by atoms with Crippen LogP contribution in [0.3, 0.4) is 0 Å². The molecule has 0 saturated heterocycles. The number of phenolic OH excluding ortho intramolecular Hbond substituents is 1. The number of hydrogen-bond acceptors (Lipinski definition) is 3. The van der Waals surface area contributed by atoms with Crippen molar-refractivity contribution in [3.05, 3.63) is 60.2 Å². The van der Waals surface area contributed by atoms with E-state index in [-0.39, 0.29) is 11.8 Å². The molecule has 0 radical (unpaired) electrons. The van der Waals surface area contributed by atoms with Crippen molar-refractivity contribution in [1.82, 2.24) is 0 Å². The summed E-state index contributed by atoms with van der Waals surface area (Å²) in [5.74, 6) is 0.238. The Morgan fingerprint density at radius 3 is 2.35 bits per heavy atom. The van der Waals surface area contributed by atoms with E-state index < -0.39 is 0 Å². The van der Waals surface area contributed by atoms with E-state index >= 15 is 0 Å². The van der Waals surface area contributed by atoms with Gasteiger partial charge in [0.2, 0.25) is 0 Å². The van der Waals surface area contributed by atoms with Gasteiger partial charge in [-0.15, -0.1) is 0 Å². The lowest BCUT2D eigenvalue weighted by Crippen LogP contribution is -2.32. The van der Waals surface area contributed by atoms with E-state index in [4.69, 9.17) is 4.74 Å². The summed E-state index contributed by atoms with van der Waals surface area (Å²) < 4.78 is 4.82. The molecule has 0 saturated carbocycles. The summed E-state index contributed by atoms with van der Waals surface area (Å²) in [5, 5.41) is 9.25. The highest BCUT2D eigenvalue weighted by molar-refractivity contribution is 5.87. The molecule has 0 aliphatic heterocycles. The smallest absolute Gasteiger partial charge is 0.414 e. The number of carbonyl (C=O) groups is 1. The molecule has 1 N–H and O–H groups in total. The number of ether oxygens (including phenoxy) is 1. The summed E-state index contributed by atoms with van der Waals surface area (Å²) in [6.07, 6.45) is 0.305. The maximum atomic E-state index is 11.9. The molecule has 0 aliphatic carbocycles. The number of anilines is 1. The summed E-state index contributed by atoms with van der Waals surface area (Å²) in [6, 6.07) is 16.4. The number of aromatic hydroxyl groups is 1. The van der Waals surface area contributed by atoms with Gasteiger partial charge in [-0.25, -0.2) is 4.79 Å². The molecular formula is C16H17NO3. The molecule has 2 aromatic rings. The minimum absolute atomic E-state index is 0.238. The number of hydrogen-bond donors (Lipinski definition) is 1. The zero-order valence-corrected chi connectivity index (χ0v) is 11.3. The molecule has 0 heterocycles. The van der Waals surface area contributed by atoms with Crippen LogP contribution in [-0.4, -0.2) is 24.9 Å². The van der Waals surface area contributed by atoms with Crippen molar-refractivity contribution in [1.29, 1.82) is 0 Å². The first-order valence-corrected chi connectivity index (χ1v) is 6.39. The van der Waals surface area contributed by atoms with E-state index in [1.54, 1.807) is 17.0 Å². The summed E-state index contributed by atoms with van der Waals surface area (Å²) in [6.45, 7) is 0.515. The third-order valence-electron chi connectivity index (χ3n) is 3.02. The Morgan fingerprint density at radius 1 is 1.10 bits per heavy atom. The molecule has 2 rings (SSSR count). The van der Waals surface area contributed by atoms with Crippen LogP contribution in [0, 0.1) is 0 Å². The van der Waals surface area contributed by atoms with Crippen molar-refractivity contribution >= 4 is 11.8 Å². The summed E-state index contributed by atoms with van der Waals surface area (Å²) >= 11 is 0. The highest BCUT2D eigenvalue weighted by atomic mass is 16.5. The van der Waals surface area contributed by atoms with Crippen molar-refractivity contribution < 1.29 is 14.6 Å². The van der Waals surface area contributed by atoms with Gasteiger partial charge in [0.05, 0.1) is 7.11 Å². The van der Waals surface area contributed by atoms with Crippen LogP contribution in [0.5, 0.6) is 5.75 Å². The third-order valence-corrected chi connectivity index (χ3v) is 3.02. The van der Waals surface area contributed by atoms with Crippen LogP contribution in [0.15, 0.2) is 54.6 Å². The second-order valence-corrected chi connectivity index (χ2v) is 4.37. The number of phenols is 1. The van der Waals surface area contributed by atoms with Crippen LogP contribution in [0.25, 0.3) is 0 Å². The first kappa shape index (κ1) is 13.9. The van der Waals surface area contributed by atoms with E-state index in [0.29, 0.717) is 13.0 Å². The second-order valence-electron chi connectivity index (χ2n) is 4.37. The van der Waals surface area contributed by atoms with Gasteiger partial charge in [0, 0.05) is 12.2 Å². The predicted octanol–water partition coefficient (Wildman–Crippen LogP) is 3.21. The lowest BCUT2D eigenvalue weighted by molar-refractivity contribution is 0.178. The van der Waals surface area contributed by atoms with E-state index in [0.717, 1.165) is 11.3 Å². The summed E-state index contributed by atoms with van der Waals surface area (Å²) in [7, 11) is 1.37. The largest absolute Gasteiger partial charge is 0.508 e. The standard InChI is InChI=1S/C16H17NO3/c1-20-16(19)17(14-5-3-2-4-6-14)12-11-13-7-9-15(18)10-8-13/h2-10,18H,11-12H2,1H3. The van der Waals surface area contributed by atoms with E-state index in [1.807, 2.05) is 42.5 Å². The SMILES string of the molecule is COC(=O)N(CCc1ccc(O)cc1)c1ccccc1. The van der Waals surface area contributed by atoms with Crippen molar-refractivity contribution in [2.75, 3.05) is 18.6 Å². The average Bonchev–Trinajstić information content (AvgIpc) is 2.50. The van der Waals surface area contributed by atoms with Gasteiger partial charge in [0.1, 0.15) is 5.75 Å². The van der Waals surface area contributed by atoms with Crippen LogP contribution < -0.4 is 4.90 Å². The van der Waals surface area contributed by atoms with Crippen LogP contribution in [-0.2, 0) is 11.2 Å². The summed E-state index contributed by atoms with van der Waals surface area (Å²) in [4.78, 5) is 13.4. The minimum Gasteiger partial charge on any atom is -0.508 e. The number of benzene rings is 2. The Hall–Kier alpha value is -2.49. The normalized spacial score (nSPS) is 10.1. The van der Waals surface area contributed by atoms with Gasteiger partial charge < -0.3 is 9.84 Å². The Kier molecular flexibility index (Phi) is 4.60. The fourth-order valence-corrected chi connectivity index (χ4v) is 1.95. The first-order valence-electron chi connectivity index (χ1n) is 6.39. The molecule has 0 spiro atoms. The summed E-state index contributed by atoms with van der Waals surface area (Å²) in [5.41, 5.74) is 1.85. The first-order chi connectivity index (χ1) is 9.70. The second kappa shape index (κ2) is 6.61. The van der Waals surface area contributed by atoms with E-state index in [1.165, 1.54) is 7.11 Å². The highest BCUT2D eigenvalue weighted by Gasteiger charge is 2.15. The third kappa shape index (κ3) is 3.51. The van der Waals surface area contributed by atoms with Gasteiger partial charge in [-0.05, 0) is 36.2 Å². The number of methoxy groups -OCH3 is 1. The molecule has 0 unspecified atom stereocenters. The van der Waals surface area contributed by atoms with Crippen LogP contribution in [0.2, 0.25) is 0 Å². The molecule has 4 heteroatoms. The van der Waals surface area contributed by atoms with Crippen LogP contribution in [0.4, 0.5) is 10.5 Å². The van der Waals surface area contributed by atoms with Gasteiger partial charge in [-0.2, -0.15) is 0 Å². The number of carbonyl (C=O) groups excluding carboxylic acids is 1. The fraction of sp³-hybridized carbons (Fsp3) is 0.188. The molecule has 2 aromatic carbocycles. The van der Waals surface area contributed by atoms with Crippen molar-refractivity contribution in [3.63, 3.8) is 0 Å². The zero-order valence-electron chi connectivity index (χ0n) is 11.3. The average molecular weight is 271 g/mol. The lowest BCUT2D eigenvalue weighted by atomic mass is 10.1. The van der Waals surface area contributed by atoms with Crippen molar-refractivity contribution in [2.45, 2.75) is 6.42 Å². The predicted molar refractivity (Wildman–Crippen MR) is 78.0 cm³/mol. The molecule has 104 valence electrons. The van der Waals surface area contributed by atoms with Gasteiger partial charge in [-0.1, -0.05) is 30.3 Å². The molecule has 1 amide bonds. The van der Waals surface area contributed by atoms with Crippen molar-refractivity contribution in [2.24, 2.45) is 0 Å². The quantitative estimate of drug-likeness (QED) is 0.929. The molecule has 20 heavy (non-hydrogen) atoms. The molecule has 0 atom stereocenters. The number of nitrogens with zero attached hydrogens (tertiary/aromatic N) is 1. The Labute approximate surface area is 118 Å². The molecule has 0 aliphatic rings. The number of para-hydroxylation sites is 1. The molecule has 4 nitrogen and oxygen atoms in total. The van der Waals surface area contributed by atoms with Gasteiger partial charge >= 0.3 is 6.09 Å². The zero-order chi connectivity index (χ0) is 14.4. The van der Waals surface area contributed by atoms with Crippen LogP contribution >= 0.6 is 0 Å². The van der Waals surface area contributed by atoms with Crippen molar-refractivity contribution in [3.8, 4) is 5.75 Å². The molecule has 0 fully saturated rings. The van der Waals surface area contributed by atoms with E-state index in [9.17, 15) is 9.90 Å². The molecular weight excluding hydrogens is 254 g/mol. The topological polar surface area (TPSA) is 49.8 Å². The minimum atomic E-state index is -0.380. The van der Waals surface area contributed by atoms with Gasteiger partial charge in [0.15, 0.2) is 0 Å². The highest BCUT2D eigenvalue weighted by Crippen LogP contribution is 2.16. The fourth-order valence-electron chi connectivity index (χ4n) is 1.95. The van der Waals surface area contributed by atoms with E-state index in [2.05, 4.69) is 0 Å². The monoisotopic (exact) mass is 271 g/mol. The van der Waals surface area contributed by atoms with Crippen LogP contribution in [0.1, 0.15) is 5.56 Å². The Bertz CT molecular complexity index is 552. The molecule has 0 bridgehead atoms. The van der Waals surface area contributed by atoms with Gasteiger partial charge in [0.25, 0.3) is 0 Å². The maximum absolute atomic E-state index is 11.9. The van der Waals surface area contributed by atoms with Gasteiger partial charge in [-0.3, -0.25) is 4.90 Å².